The summed E-state index contributed by atoms with van der Waals surface area (Å²) in [5, 5.41) is 13.2. The lowest BCUT2D eigenvalue weighted by Crippen LogP contribution is -2.62. The molecule has 0 aliphatic carbocycles. The Labute approximate surface area is 239 Å². The maximum atomic E-state index is 13.2. The smallest absolute Gasteiger partial charge is 0.251 e. The van der Waals surface area contributed by atoms with E-state index in [9.17, 15) is 10.1 Å². The zero-order valence-electron chi connectivity index (χ0n) is 24.0. The fourth-order valence-electron chi connectivity index (χ4n) is 7.07. The van der Waals surface area contributed by atoms with Crippen molar-refractivity contribution in [3.05, 3.63) is 86.5 Å². The quantitative estimate of drug-likeness (QED) is 0.303. The minimum atomic E-state index is -0.947. The number of nitro groups is 1. The largest absolute Gasteiger partial charge is 0.497 e. The van der Waals surface area contributed by atoms with Crippen LogP contribution in [0, 0.1) is 10.1 Å². The molecule has 0 unspecified atom stereocenters. The molecule has 3 aromatic rings. The summed E-state index contributed by atoms with van der Waals surface area (Å²) >= 11 is 0. The number of methoxy groups -OCH3 is 5. The normalized spacial score (nSPS) is 23.3. The van der Waals surface area contributed by atoms with E-state index in [-0.39, 0.29) is 11.1 Å². The Hall–Kier alpha value is -4.02. The second-order valence-electron chi connectivity index (χ2n) is 10.6. The van der Waals surface area contributed by atoms with Gasteiger partial charge in [0.1, 0.15) is 17.8 Å². The van der Waals surface area contributed by atoms with Gasteiger partial charge in [-0.1, -0.05) is 12.1 Å². The fourth-order valence-corrected chi connectivity index (χ4v) is 7.07. The first-order chi connectivity index (χ1) is 19.9. The van der Waals surface area contributed by atoms with Crippen molar-refractivity contribution in [2.45, 2.75) is 37.1 Å². The minimum Gasteiger partial charge on any atom is -0.497 e. The van der Waals surface area contributed by atoms with E-state index in [1.54, 1.807) is 35.5 Å². The topological polar surface area (TPSA) is 95.8 Å². The Morgan fingerprint density at radius 3 is 1.80 bits per heavy atom. The Balaban J connectivity index is 1.60. The van der Waals surface area contributed by atoms with Crippen molar-refractivity contribution in [3.63, 3.8) is 0 Å². The molecule has 3 heterocycles. The molecule has 6 rings (SSSR count). The van der Waals surface area contributed by atoms with Crippen molar-refractivity contribution in [1.29, 1.82) is 0 Å². The van der Waals surface area contributed by atoms with E-state index in [0.29, 0.717) is 41.8 Å². The zero-order chi connectivity index (χ0) is 28.8. The van der Waals surface area contributed by atoms with Crippen LogP contribution in [0.1, 0.15) is 46.1 Å². The van der Waals surface area contributed by atoms with Crippen molar-refractivity contribution >= 4 is 0 Å². The van der Waals surface area contributed by atoms with Crippen LogP contribution >= 0.6 is 0 Å². The van der Waals surface area contributed by atoms with Crippen molar-refractivity contribution < 1.29 is 28.6 Å². The molecular formula is C31H35N3O7. The monoisotopic (exact) mass is 561 g/mol. The van der Waals surface area contributed by atoms with Gasteiger partial charge >= 0.3 is 0 Å². The van der Waals surface area contributed by atoms with Gasteiger partial charge in [0.05, 0.1) is 41.7 Å². The molecular weight excluding hydrogens is 526 g/mol. The molecule has 216 valence electrons. The van der Waals surface area contributed by atoms with Gasteiger partial charge in [0.15, 0.2) is 23.0 Å². The summed E-state index contributed by atoms with van der Waals surface area (Å²) in [5.74, 6) is 3.18. The lowest BCUT2D eigenvalue weighted by Gasteiger charge is -2.56. The van der Waals surface area contributed by atoms with Crippen LogP contribution in [0.2, 0.25) is 0 Å². The van der Waals surface area contributed by atoms with Crippen molar-refractivity contribution in [1.82, 2.24) is 9.80 Å². The third kappa shape index (κ3) is 4.33. The molecule has 0 aromatic heterocycles. The highest BCUT2D eigenvalue weighted by molar-refractivity contribution is 5.53. The van der Waals surface area contributed by atoms with Gasteiger partial charge in [-0.3, -0.25) is 19.9 Å². The van der Waals surface area contributed by atoms with Gasteiger partial charge in [-0.15, -0.1) is 0 Å². The summed E-state index contributed by atoms with van der Waals surface area (Å²) in [4.78, 5) is 17.6. The van der Waals surface area contributed by atoms with Gasteiger partial charge in [0.2, 0.25) is 0 Å². The summed E-state index contributed by atoms with van der Waals surface area (Å²) in [6, 6.07) is 13.7. The number of nitrogens with zero attached hydrogens (tertiary/aromatic N) is 3. The molecule has 0 N–H and O–H groups in total. The third-order valence-corrected chi connectivity index (χ3v) is 8.83. The van der Waals surface area contributed by atoms with Crippen molar-refractivity contribution in [2.24, 2.45) is 0 Å². The van der Waals surface area contributed by atoms with E-state index in [4.69, 9.17) is 23.7 Å². The first-order valence-electron chi connectivity index (χ1n) is 13.7. The fraction of sp³-hybridized carbons (Fsp3) is 0.419. The van der Waals surface area contributed by atoms with Gasteiger partial charge in [-0.05, 0) is 77.1 Å². The molecule has 41 heavy (non-hydrogen) atoms. The first-order valence-corrected chi connectivity index (χ1v) is 13.7. The molecule has 1 saturated heterocycles. The molecule has 0 amide bonds. The number of ether oxygens (including phenoxy) is 5. The van der Waals surface area contributed by atoms with Gasteiger partial charge in [-0.2, -0.15) is 0 Å². The molecule has 4 atom stereocenters. The second kappa shape index (κ2) is 10.8. The average molecular weight is 562 g/mol. The van der Waals surface area contributed by atoms with Crippen LogP contribution in [0.5, 0.6) is 28.7 Å². The molecule has 1 fully saturated rings. The van der Waals surface area contributed by atoms with Gasteiger partial charge < -0.3 is 23.7 Å². The van der Waals surface area contributed by atoms with E-state index in [1.807, 2.05) is 48.5 Å². The Bertz CT molecular complexity index is 1480. The highest BCUT2D eigenvalue weighted by Gasteiger charge is 2.58. The lowest BCUT2D eigenvalue weighted by molar-refractivity contribution is -0.550. The summed E-state index contributed by atoms with van der Waals surface area (Å²) in [5.41, 5.74) is 5.03. The standard InChI is InChI=1S/C31H35N3O7/c1-37-21-8-6-7-20(13-21)28-30(34(35)36)29-22-16-26(40-4)24(38-2)14-18(22)9-12-33(29)31-23-17-27(41-5)25(39-3)15-19(23)10-11-32(28)31/h6-8,13-17,28-31H,9-12H2,1-5H3/t28-,29+,30-,31-/m0/s1. The Morgan fingerprint density at radius 1 is 0.707 bits per heavy atom. The number of benzene rings is 3. The van der Waals surface area contributed by atoms with Crippen LogP contribution in [0.4, 0.5) is 0 Å². The maximum Gasteiger partial charge on any atom is 0.251 e. The summed E-state index contributed by atoms with van der Waals surface area (Å²) < 4.78 is 28.1. The second-order valence-corrected chi connectivity index (χ2v) is 10.6. The zero-order valence-corrected chi connectivity index (χ0v) is 24.0. The summed E-state index contributed by atoms with van der Waals surface area (Å²) in [6.45, 7) is 1.30. The Kier molecular flexibility index (Phi) is 7.13. The molecule has 10 nitrogen and oxygen atoms in total. The van der Waals surface area contributed by atoms with Crippen LogP contribution in [0.3, 0.4) is 0 Å². The molecule has 0 bridgehead atoms. The van der Waals surface area contributed by atoms with E-state index >= 15 is 0 Å². The minimum absolute atomic E-state index is 0.103. The van der Waals surface area contributed by atoms with Crippen molar-refractivity contribution in [2.75, 3.05) is 48.6 Å². The van der Waals surface area contributed by atoms with Crippen molar-refractivity contribution in [3.8, 4) is 28.7 Å². The molecule has 0 spiro atoms. The number of hydrogen-bond donors (Lipinski definition) is 0. The number of fused-ring (bicyclic) bond motifs is 7. The van der Waals surface area contributed by atoms with Crippen LogP contribution in [0.25, 0.3) is 0 Å². The Morgan fingerprint density at radius 2 is 1.24 bits per heavy atom. The van der Waals surface area contributed by atoms with Crippen LogP contribution in [-0.2, 0) is 12.8 Å². The average Bonchev–Trinajstić information content (AvgIpc) is 3.01. The molecule has 0 radical (unpaired) electrons. The highest BCUT2D eigenvalue weighted by Crippen LogP contribution is 2.55. The summed E-state index contributed by atoms with van der Waals surface area (Å²) in [7, 11) is 8.09. The van der Waals surface area contributed by atoms with E-state index in [0.717, 1.165) is 40.7 Å². The number of rotatable bonds is 7. The molecule has 3 aliphatic heterocycles. The van der Waals surface area contributed by atoms with Crippen LogP contribution in [-0.4, -0.2) is 69.4 Å². The number of hydrogen-bond acceptors (Lipinski definition) is 9. The lowest BCUT2D eigenvalue weighted by atomic mass is 9.77. The van der Waals surface area contributed by atoms with Crippen LogP contribution < -0.4 is 23.7 Å². The SMILES string of the molecule is COc1cccc([C@H]2[C@H]([N+](=O)[O-])[C@H]3c4cc(OC)c(OC)cc4CCN3[C@H]3c4cc(OC)c(OC)cc4CCN32)c1. The van der Waals surface area contributed by atoms with E-state index < -0.39 is 18.1 Å². The van der Waals surface area contributed by atoms with Gasteiger partial charge in [-0.25, -0.2) is 0 Å². The van der Waals surface area contributed by atoms with E-state index in [1.165, 1.54) is 0 Å². The predicted molar refractivity (Wildman–Crippen MR) is 152 cm³/mol. The highest BCUT2D eigenvalue weighted by atomic mass is 16.6. The maximum absolute atomic E-state index is 13.2. The third-order valence-electron chi connectivity index (χ3n) is 8.83. The van der Waals surface area contributed by atoms with E-state index in [2.05, 4.69) is 9.80 Å². The van der Waals surface area contributed by atoms with Crippen LogP contribution in [0.15, 0.2) is 48.5 Å². The summed E-state index contributed by atoms with van der Waals surface area (Å²) in [6.07, 6.45) is 1.25. The van der Waals surface area contributed by atoms with Gasteiger partial charge in [0.25, 0.3) is 6.04 Å². The van der Waals surface area contributed by atoms with Gasteiger partial charge in [0, 0.05) is 18.0 Å². The molecule has 0 saturated carbocycles. The molecule has 3 aliphatic rings. The predicted octanol–water partition coefficient (Wildman–Crippen LogP) is 4.59. The first kappa shape index (κ1) is 27.2. The molecule has 10 heteroatoms. The molecule has 3 aromatic carbocycles.